The molecule has 3 aromatic rings. The number of carbonyl (C=O) groups excluding carboxylic acids is 1. The molecule has 1 aromatic heterocycles. The molecular weight excluding hydrogens is 501 g/mol. The van der Waals surface area contributed by atoms with Crippen LogP contribution in [0.25, 0.3) is 11.6 Å². The third-order valence-corrected chi connectivity index (χ3v) is 6.84. The Morgan fingerprint density at radius 1 is 1.17 bits per heavy atom. The molecule has 36 heavy (non-hydrogen) atoms. The number of benzene rings is 2. The fraction of sp³-hybridized carbons (Fsp3) is 0.269. The van der Waals surface area contributed by atoms with E-state index in [0.717, 1.165) is 5.56 Å². The molecule has 3 N–H and O–H groups in total. The first kappa shape index (κ1) is 25.8. The van der Waals surface area contributed by atoms with Gasteiger partial charge >= 0.3 is 5.69 Å². The first-order valence-corrected chi connectivity index (χ1v) is 12.3. The molecule has 0 bridgehead atoms. The zero-order chi connectivity index (χ0) is 26.0. The Bertz CT molecular complexity index is 1400. The highest BCUT2D eigenvalue weighted by Gasteiger charge is 2.43. The topological polar surface area (TPSA) is 103 Å². The molecule has 2 aromatic carbocycles. The normalized spacial score (nSPS) is 15.3. The van der Waals surface area contributed by atoms with Gasteiger partial charge in [0.15, 0.2) is 0 Å². The minimum atomic E-state index is -1.23. The Morgan fingerprint density at radius 2 is 1.83 bits per heavy atom. The second kappa shape index (κ2) is 10.3. The van der Waals surface area contributed by atoms with Crippen molar-refractivity contribution in [3.8, 4) is 5.88 Å². The molecule has 1 aliphatic rings. The van der Waals surface area contributed by atoms with Gasteiger partial charge in [-0.1, -0.05) is 55.2 Å². The highest BCUT2D eigenvalue weighted by atomic mass is 35.5. The summed E-state index contributed by atoms with van der Waals surface area (Å²) in [6.07, 6.45) is 3.33. The SMILES string of the molecule is CCN(CC)C(CNC(C)=O)(c1ccc(Cl)cc1)n1c(O)c(/C=C2\C=Nc3cc(Cl)ccc32)[nH]c1=O. The van der Waals surface area contributed by atoms with Gasteiger partial charge in [0.25, 0.3) is 0 Å². The van der Waals surface area contributed by atoms with Gasteiger partial charge in [0, 0.05) is 34.3 Å². The number of hydrogen-bond donors (Lipinski definition) is 3. The summed E-state index contributed by atoms with van der Waals surface area (Å²) >= 11 is 12.2. The van der Waals surface area contributed by atoms with Crippen molar-refractivity contribution in [2.75, 3.05) is 19.6 Å². The Balaban J connectivity index is 1.94. The summed E-state index contributed by atoms with van der Waals surface area (Å²) in [5.41, 5.74) is 1.39. The van der Waals surface area contributed by atoms with Crippen LogP contribution in [-0.2, 0) is 10.5 Å². The minimum absolute atomic E-state index is 0.0375. The molecule has 0 spiro atoms. The molecule has 1 amide bonds. The van der Waals surface area contributed by atoms with Crippen molar-refractivity contribution < 1.29 is 9.90 Å². The van der Waals surface area contributed by atoms with Gasteiger partial charge in [0.2, 0.25) is 11.8 Å². The number of imidazole rings is 1. The maximum atomic E-state index is 13.5. The van der Waals surface area contributed by atoms with Crippen molar-refractivity contribution >= 4 is 52.7 Å². The largest absolute Gasteiger partial charge is 0.493 e. The van der Waals surface area contributed by atoms with Crippen LogP contribution in [0.4, 0.5) is 5.69 Å². The number of carbonyl (C=O) groups is 1. The zero-order valence-corrected chi connectivity index (χ0v) is 21.7. The number of likely N-dealkylation sites (N-methyl/N-ethyl adjacent to an activating group) is 1. The van der Waals surface area contributed by atoms with Gasteiger partial charge in [-0.15, -0.1) is 0 Å². The summed E-state index contributed by atoms with van der Waals surface area (Å²) in [4.78, 5) is 34.7. The van der Waals surface area contributed by atoms with Crippen LogP contribution in [0, 0.1) is 0 Å². The molecule has 0 radical (unpaired) electrons. The number of aromatic nitrogens is 2. The molecule has 2 heterocycles. The first-order chi connectivity index (χ1) is 17.2. The summed E-state index contributed by atoms with van der Waals surface area (Å²) in [6, 6.07) is 12.4. The van der Waals surface area contributed by atoms with Crippen molar-refractivity contribution in [2.24, 2.45) is 4.99 Å². The van der Waals surface area contributed by atoms with Crippen molar-refractivity contribution in [2.45, 2.75) is 26.4 Å². The number of amides is 1. The van der Waals surface area contributed by atoms with Crippen LogP contribution in [0.5, 0.6) is 5.88 Å². The molecule has 0 aliphatic carbocycles. The van der Waals surface area contributed by atoms with Gasteiger partial charge in [-0.25, -0.2) is 9.36 Å². The fourth-order valence-corrected chi connectivity index (χ4v) is 4.97. The summed E-state index contributed by atoms with van der Waals surface area (Å²) in [7, 11) is 0. The number of rotatable bonds is 8. The van der Waals surface area contributed by atoms with Crippen LogP contribution >= 0.6 is 23.2 Å². The number of fused-ring (bicyclic) bond motifs is 1. The lowest BCUT2D eigenvalue weighted by Crippen LogP contribution is -2.60. The summed E-state index contributed by atoms with van der Waals surface area (Å²) in [6.45, 7) is 6.43. The van der Waals surface area contributed by atoms with E-state index >= 15 is 0 Å². The molecule has 0 saturated heterocycles. The van der Waals surface area contributed by atoms with E-state index in [0.29, 0.717) is 40.0 Å². The van der Waals surface area contributed by atoms with Gasteiger partial charge in [0.05, 0.1) is 12.2 Å². The Hall–Kier alpha value is -3.33. The predicted octanol–water partition coefficient (Wildman–Crippen LogP) is 4.62. The molecule has 10 heteroatoms. The second-order valence-electron chi connectivity index (χ2n) is 8.43. The average molecular weight is 528 g/mol. The number of nitrogens with one attached hydrogen (secondary N) is 2. The molecule has 8 nitrogen and oxygen atoms in total. The number of hydrogen-bond acceptors (Lipinski definition) is 5. The van der Waals surface area contributed by atoms with E-state index in [4.69, 9.17) is 23.2 Å². The molecule has 188 valence electrons. The van der Waals surface area contributed by atoms with Gasteiger partial charge < -0.3 is 15.4 Å². The molecule has 1 unspecified atom stereocenters. The Morgan fingerprint density at radius 3 is 2.47 bits per heavy atom. The van der Waals surface area contributed by atoms with E-state index in [1.807, 2.05) is 24.8 Å². The van der Waals surface area contributed by atoms with Crippen LogP contribution < -0.4 is 11.0 Å². The highest BCUT2D eigenvalue weighted by molar-refractivity contribution is 6.31. The summed E-state index contributed by atoms with van der Waals surface area (Å²) in [5.74, 6) is -0.529. The Labute approximate surface area is 218 Å². The van der Waals surface area contributed by atoms with Crippen molar-refractivity contribution in [1.82, 2.24) is 19.8 Å². The van der Waals surface area contributed by atoms with Crippen LogP contribution in [0.15, 0.2) is 52.3 Å². The first-order valence-electron chi connectivity index (χ1n) is 11.6. The van der Waals surface area contributed by atoms with E-state index < -0.39 is 11.4 Å². The van der Waals surface area contributed by atoms with Crippen LogP contribution in [0.3, 0.4) is 0 Å². The maximum absolute atomic E-state index is 13.5. The average Bonchev–Trinajstić information content (AvgIpc) is 3.37. The maximum Gasteiger partial charge on any atom is 0.330 e. The minimum Gasteiger partial charge on any atom is -0.493 e. The number of allylic oxidation sites excluding steroid dienone is 1. The summed E-state index contributed by atoms with van der Waals surface area (Å²) in [5, 5.41) is 15.4. The smallest absolute Gasteiger partial charge is 0.330 e. The lowest BCUT2D eigenvalue weighted by molar-refractivity contribution is -0.120. The second-order valence-corrected chi connectivity index (χ2v) is 9.30. The highest BCUT2D eigenvalue weighted by Crippen LogP contribution is 2.37. The third-order valence-electron chi connectivity index (χ3n) is 6.36. The van der Waals surface area contributed by atoms with E-state index in [-0.39, 0.29) is 24.0 Å². The summed E-state index contributed by atoms with van der Waals surface area (Å²) < 4.78 is 1.29. The zero-order valence-electron chi connectivity index (χ0n) is 20.2. The van der Waals surface area contributed by atoms with Crippen LogP contribution in [0.1, 0.15) is 37.6 Å². The molecular formula is C26H27Cl2N5O3. The fourth-order valence-electron chi connectivity index (χ4n) is 4.68. The van der Waals surface area contributed by atoms with Crippen LogP contribution in [0.2, 0.25) is 10.0 Å². The van der Waals surface area contributed by atoms with Crippen molar-refractivity contribution in [3.05, 3.63) is 79.8 Å². The van der Waals surface area contributed by atoms with Crippen LogP contribution in [-0.4, -0.2) is 51.3 Å². The molecule has 1 aliphatic heterocycles. The number of aromatic amines is 1. The molecule has 0 fully saturated rings. The van der Waals surface area contributed by atoms with Gasteiger partial charge in [0.1, 0.15) is 11.4 Å². The van der Waals surface area contributed by atoms with E-state index in [1.165, 1.54) is 11.5 Å². The van der Waals surface area contributed by atoms with E-state index in [9.17, 15) is 14.7 Å². The standard InChI is InChI=1S/C26H27Cl2N5O3/c1-4-32(5-2)26(15-30-16(3)34,18-6-8-19(27)9-7-18)33-24(35)23(31-25(33)36)12-17-14-29-22-13-20(28)10-11-21(17)22/h6-14,35H,4-5,15H2,1-3H3,(H,30,34)(H,31,36)/b17-12+. The molecule has 4 rings (SSSR count). The van der Waals surface area contributed by atoms with Crippen molar-refractivity contribution in [1.29, 1.82) is 0 Å². The van der Waals surface area contributed by atoms with Crippen molar-refractivity contribution in [3.63, 3.8) is 0 Å². The number of halogens is 2. The Kier molecular flexibility index (Phi) is 7.40. The number of aliphatic imine (C=N–C) groups is 1. The van der Waals surface area contributed by atoms with Gasteiger partial charge in [-0.05, 0) is 49.0 Å². The number of nitrogens with zero attached hydrogens (tertiary/aromatic N) is 3. The van der Waals surface area contributed by atoms with E-state index in [2.05, 4.69) is 15.3 Å². The molecule has 0 saturated carbocycles. The number of H-pyrrole nitrogens is 1. The quantitative estimate of drug-likeness (QED) is 0.397. The predicted molar refractivity (Wildman–Crippen MR) is 144 cm³/mol. The third kappa shape index (κ3) is 4.59. The molecule has 1 atom stereocenters. The van der Waals surface area contributed by atoms with Gasteiger partial charge in [-0.3, -0.25) is 14.7 Å². The number of aromatic hydroxyl groups is 1. The lowest BCUT2D eigenvalue weighted by atomic mass is 9.95. The monoisotopic (exact) mass is 527 g/mol. The van der Waals surface area contributed by atoms with E-state index in [1.54, 1.807) is 48.7 Å². The lowest BCUT2D eigenvalue weighted by Gasteiger charge is -2.44. The van der Waals surface area contributed by atoms with Gasteiger partial charge in [-0.2, -0.15) is 0 Å².